The van der Waals surface area contributed by atoms with Crippen molar-refractivity contribution in [2.75, 3.05) is 57.3 Å². The fourth-order valence-electron chi connectivity index (χ4n) is 3.11. The second kappa shape index (κ2) is 7.73. The summed E-state index contributed by atoms with van der Waals surface area (Å²) in [5.41, 5.74) is 0. The van der Waals surface area contributed by atoms with Gasteiger partial charge in [0, 0.05) is 50.3 Å². The highest BCUT2D eigenvalue weighted by atomic mass is 32.2. The molecule has 0 radical (unpaired) electrons. The molecule has 0 amide bonds. The van der Waals surface area contributed by atoms with Gasteiger partial charge in [0.25, 0.3) is 0 Å². The summed E-state index contributed by atoms with van der Waals surface area (Å²) in [5.74, 6) is 3.47. The number of thioether (sulfide) groups is 1. The summed E-state index contributed by atoms with van der Waals surface area (Å²) >= 11 is 2.10. The molecule has 3 nitrogen and oxygen atoms in total. The number of piperidine rings is 1. The van der Waals surface area contributed by atoms with Crippen LogP contribution in [0.2, 0.25) is 0 Å². The Hall–Kier alpha value is 0.230. The molecule has 0 aromatic rings. The first-order valence-electron chi connectivity index (χ1n) is 7.55. The zero-order valence-corrected chi connectivity index (χ0v) is 12.8. The number of hydrogen-bond acceptors (Lipinski definition) is 4. The van der Waals surface area contributed by atoms with Crippen molar-refractivity contribution >= 4 is 11.8 Å². The van der Waals surface area contributed by atoms with Gasteiger partial charge in [0.2, 0.25) is 0 Å². The van der Waals surface area contributed by atoms with Crippen molar-refractivity contribution in [1.82, 2.24) is 15.1 Å². The van der Waals surface area contributed by atoms with E-state index in [2.05, 4.69) is 40.7 Å². The fourth-order valence-corrected chi connectivity index (χ4v) is 4.09. The van der Waals surface area contributed by atoms with Crippen molar-refractivity contribution < 1.29 is 0 Å². The lowest BCUT2D eigenvalue weighted by molar-refractivity contribution is 0.132. The van der Waals surface area contributed by atoms with Crippen LogP contribution in [0.15, 0.2) is 0 Å². The Bertz CT molecular complexity index is 231. The molecule has 0 aromatic heterocycles. The van der Waals surface area contributed by atoms with E-state index < -0.39 is 0 Å². The lowest BCUT2D eigenvalue weighted by atomic mass is 9.94. The minimum atomic E-state index is 0.748. The third-order valence-corrected chi connectivity index (χ3v) is 5.23. The lowest BCUT2D eigenvalue weighted by Gasteiger charge is -2.38. The van der Waals surface area contributed by atoms with E-state index >= 15 is 0 Å². The van der Waals surface area contributed by atoms with Crippen LogP contribution in [-0.4, -0.2) is 73.2 Å². The molecule has 2 saturated heterocycles. The Morgan fingerprint density at radius 2 is 1.83 bits per heavy atom. The lowest BCUT2D eigenvalue weighted by Crippen LogP contribution is -2.50. The highest BCUT2D eigenvalue weighted by molar-refractivity contribution is 7.99. The summed E-state index contributed by atoms with van der Waals surface area (Å²) in [7, 11) is 0. The van der Waals surface area contributed by atoms with Gasteiger partial charge in [0.1, 0.15) is 0 Å². The van der Waals surface area contributed by atoms with Crippen molar-refractivity contribution in [3.63, 3.8) is 0 Å². The molecule has 2 unspecified atom stereocenters. The standard InChI is InChI=1S/C14H29N3S/c1-3-15-14-4-5-17(12-13(14)2)7-6-16-8-10-18-11-9-16/h13-15H,3-12H2,1-2H3. The number of nitrogens with one attached hydrogen (secondary N) is 1. The predicted molar refractivity (Wildman–Crippen MR) is 81.5 cm³/mol. The van der Waals surface area contributed by atoms with E-state index in [0.29, 0.717) is 0 Å². The highest BCUT2D eigenvalue weighted by Crippen LogP contribution is 2.17. The van der Waals surface area contributed by atoms with Gasteiger partial charge in [-0.1, -0.05) is 13.8 Å². The molecule has 1 N–H and O–H groups in total. The van der Waals surface area contributed by atoms with Crippen LogP contribution >= 0.6 is 11.8 Å². The Balaban J connectivity index is 1.65. The summed E-state index contributed by atoms with van der Waals surface area (Å²) in [6.07, 6.45) is 1.32. The van der Waals surface area contributed by atoms with E-state index in [1.54, 1.807) is 0 Å². The molecule has 0 aliphatic carbocycles. The van der Waals surface area contributed by atoms with E-state index in [0.717, 1.165) is 18.5 Å². The zero-order valence-electron chi connectivity index (χ0n) is 12.0. The van der Waals surface area contributed by atoms with Gasteiger partial charge in [0.15, 0.2) is 0 Å². The minimum absolute atomic E-state index is 0.748. The van der Waals surface area contributed by atoms with E-state index in [1.807, 2.05) is 0 Å². The van der Waals surface area contributed by atoms with Gasteiger partial charge in [-0.15, -0.1) is 0 Å². The van der Waals surface area contributed by atoms with Gasteiger partial charge in [-0.3, -0.25) is 0 Å². The topological polar surface area (TPSA) is 18.5 Å². The van der Waals surface area contributed by atoms with Gasteiger partial charge < -0.3 is 15.1 Å². The van der Waals surface area contributed by atoms with Gasteiger partial charge in [-0.25, -0.2) is 0 Å². The maximum Gasteiger partial charge on any atom is 0.0117 e. The van der Waals surface area contributed by atoms with Crippen molar-refractivity contribution in [3.05, 3.63) is 0 Å². The molecule has 0 bridgehead atoms. The van der Waals surface area contributed by atoms with Crippen LogP contribution in [0.4, 0.5) is 0 Å². The second-order valence-electron chi connectivity index (χ2n) is 5.68. The Kier molecular flexibility index (Phi) is 6.29. The van der Waals surface area contributed by atoms with E-state index in [9.17, 15) is 0 Å². The molecular formula is C14H29N3S. The molecule has 0 aromatic carbocycles. The van der Waals surface area contributed by atoms with Crippen LogP contribution in [-0.2, 0) is 0 Å². The van der Waals surface area contributed by atoms with E-state index in [1.165, 1.54) is 57.2 Å². The quantitative estimate of drug-likeness (QED) is 0.813. The number of nitrogens with zero attached hydrogens (tertiary/aromatic N) is 2. The van der Waals surface area contributed by atoms with Gasteiger partial charge in [-0.05, 0) is 25.4 Å². The zero-order chi connectivity index (χ0) is 12.8. The minimum Gasteiger partial charge on any atom is -0.314 e. The van der Waals surface area contributed by atoms with Gasteiger partial charge in [0.05, 0.1) is 0 Å². The number of rotatable bonds is 5. The predicted octanol–water partition coefficient (Wildman–Crippen LogP) is 1.36. The first-order valence-corrected chi connectivity index (χ1v) is 8.71. The van der Waals surface area contributed by atoms with Gasteiger partial charge >= 0.3 is 0 Å². The SMILES string of the molecule is CCNC1CCN(CCN2CCSCC2)CC1C. The van der Waals surface area contributed by atoms with Crippen LogP contribution in [0.1, 0.15) is 20.3 Å². The van der Waals surface area contributed by atoms with Crippen molar-refractivity contribution in [2.45, 2.75) is 26.3 Å². The summed E-state index contributed by atoms with van der Waals surface area (Å²) in [6.45, 7) is 13.4. The smallest absolute Gasteiger partial charge is 0.0117 e. The summed E-state index contributed by atoms with van der Waals surface area (Å²) < 4.78 is 0. The van der Waals surface area contributed by atoms with Crippen LogP contribution in [0.25, 0.3) is 0 Å². The average Bonchev–Trinajstić information content (AvgIpc) is 2.41. The number of hydrogen-bond donors (Lipinski definition) is 1. The summed E-state index contributed by atoms with van der Waals surface area (Å²) in [5, 5.41) is 3.62. The molecule has 2 aliphatic rings. The van der Waals surface area contributed by atoms with Crippen molar-refractivity contribution in [1.29, 1.82) is 0 Å². The van der Waals surface area contributed by atoms with Crippen LogP contribution < -0.4 is 5.32 Å². The Labute approximate surface area is 117 Å². The monoisotopic (exact) mass is 271 g/mol. The maximum atomic E-state index is 3.62. The molecule has 4 heteroatoms. The fraction of sp³-hybridized carbons (Fsp3) is 1.00. The largest absolute Gasteiger partial charge is 0.314 e. The molecule has 2 fully saturated rings. The molecular weight excluding hydrogens is 242 g/mol. The van der Waals surface area contributed by atoms with E-state index in [-0.39, 0.29) is 0 Å². The third kappa shape index (κ3) is 4.41. The number of likely N-dealkylation sites (tertiary alicyclic amines) is 1. The second-order valence-corrected chi connectivity index (χ2v) is 6.91. The first-order chi connectivity index (χ1) is 8.79. The summed E-state index contributed by atoms with van der Waals surface area (Å²) in [4.78, 5) is 5.30. The molecule has 0 spiro atoms. The molecule has 2 atom stereocenters. The van der Waals surface area contributed by atoms with E-state index in [4.69, 9.17) is 0 Å². The molecule has 2 aliphatic heterocycles. The van der Waals surface area contributed by atoms with Crippen molar-refractivity contribution in [2.24, 2.45) is 5.92 Å². The first kappa shape index (κ1) is 14.6. The van der Waals surface area contributed by atoms with Crippen LogP contribution in [0.3, 0.4) is 0 Å². The normalized spacial score (nSPS) is 31.7. The maximum absolute atomic E-state index is 3.62. The molecule has 2 heterocycles. The highest BCUT2D eigenvalue weighted by Gasteiger charge is 2.25. The third-order valence-electron chi connectivity index (χ3n) is 4.29. The Morgan fingerprint density at radius 3 is 2.50 bits per heavy atom. The van der Waals surface area contributed by atoms with Crippen LogP contribution in [0, 0.1) is 5.92 Å². The Morgan fingerprint density at radius 1 is 1.11 bits per heavy atom. The molecule has 0 saturated carbocycles. The summed E-state index contributed by atoms with van der Waals surface area (Å²) in [6, 6.07) is 0.748. The molecule has 106 valence electrons. The molecule has 18 heavy (non-hydrogen) atoms. The average molecular weight is 271 g/mol. The van der Waals surface area contributed by atoms with Crippen LogP contribution in [0.5, 0.6) is 0 Å². The molecule has 2 rings (SSSR count). The van der Waals surface area contributed by atoms with Gasteiger partial charge in [-0.2, -0.15) is 11.8 Å². The van der Waals surface area contributed by atoms with Crippen molar-refractivity contribution in [3.8, 4) is 0 Å².